The quantitative estimate of drug-likeness (QED) is 0.669. The average molecular weight is 368 g/mol. The van der Waals surface area contributed by atoms with Gasteiger partial charge in [-0.05, 0) is 36.5 Å². The van der Waals surface area contributed by atoms with E-state index in [9.17, 15) is 4.79 Å². The maximum atomic E-state index is 11.9. The first kappa shape index (κ1) is 19.2. The highest BCUT2D eigenvalue weighted by atomic mass is 16.5. The van der Waals surface area contributed by atoms with Crippen molar-refractivity contribution < 1.29 is 14.3 Å². The smallest absolute Gasteiger partial charge is 0.314 e. The Balaban J connectivity index is 1.20. The molecule has 1 heterocycles. The molecule has 144 valence electrons. The third-order valence-electron chi connectivity index (χ3n) is 4.64. The van der Waals surface area contributed by atoms with Gasteiger partial charge in [0, 0.05) is 25.6 Å². The fraction of sp³-hybridized carbons (Fsp3) is 0.409. The molecule has 0 radical (unpaired) electrons. The van der Waals surface area contributed by atoms with Gasteiger partial charge < -0.3 is 20.1 Å². The minimum absolute atomic E-state index is 0.127. The number of para-hydroxylation sites is 1. The average Bonchev–Trinajstić information content (AvgIpc) is 2.72. The summed E-state index contributed by atoms with van der Waals surface area (Å²) in [6.07, 6.45) is 2.66. The van der Waals surface area contributed by atoms with Crippen molar-refractivity contribution in [1.82, 2.24) is 10.6 Å². The summed E-state index contributed by atoms with van der Waals surface area (Å²) in [4.78, 5) is 11.9. The van der Waals surface area contributed by atoms with E-state index in [-0.39, 0.29) is 6.03 Å². The highest BCUT2D eigenvalue weighted by Gasteiger charge is 2.19. The molecule has 2 aromatic carbocycles. The zero-order chi connectivity index (χ0) is 18.7. The first-order valence-corrected chi connectivity index (χ1v) is 9.65. The van der Waals surface area contributed by atoms with Gasteiger partial charge in [-0.15, -0.1) is 0 Å². The number of nitrogens with one attached hydrogen (secondary N) is 2. The number of carbonyl (C=O) groups is 1. The molecule has 1 aliphatic heterocycles. The Morgan fingerprint density at radius 2 is 1.85 bits per heavy atom. The number of urea groups is 1. The summed E-state index contributed by atoms with van der Waals surface area (Å²) in [6.45, 7) is 3.24. The van der Waals surface area contributed by atoms with E-state index in [1.165, 1.54) is 11.1 Å². The molecule has 0 aliphatic carbocycles. The summed E-state index contributed by atoms with van der Waals surface area (Å²) in [5.41, 5.74) is 2.49. The zero-order valence-electron chi connectivity index (χ0n) is 15.7. The van der Waals surface area contributed by atoms with E-state index < -0.39 is 0 Å². The minimum Gasteiger partial charge on any atom is -0.493 e. The topological polar surface area (TPSA) is 59.6 Å². The molecule has 2 amide bonds. The predicted molar refractivity (Wildman–Crippen MR) is 106 cm³/mol. The van der Waals surface area contributed by atoms with Crippen molar-refractivity contribution in [3.63, 3.8) is 0 Å². The van der Waals surface area contributed by atoms with Gasteiger partial charge in [-0.2, -0.15) is 0 Å². The van der Waals surface area contributed by atoms with Crippen molar-refractivity contribution in [3.05, 3.63) is 65.7 Å². The van der Waals surface area contributed by atoms with Crippen LogP contribution in [0.2, 0.25) is 0 Å². The van der Waals surface area contributed by atoms with Crippen LogP contribution < -0.4 is 15.4 Å². The maximum Gasteiger partial charge on any atom is 0.314 e. The van der Waals surface area contributed by atoms with Crippen LogP contribution >= 0.6 is 0 Å². The molecule has 0 aromatic heterocycles. The van der Waals surface area contributed by atoms with Gasteiger partial charge in [0.05, 0.1) is 13.2 Å². The Morgan fingerprint density at radius 3 is 2.74 bits per heavy atom. The van der Waals surface area contributed by atoms with Crippen molar-refractivity contribution >= 4 is 6.03 Å². The SMILES string of the molecule is O=C(NCCCOCCc1ccccc1)NCC1COc2ccccc2C1. The number of carbonyl (C=O) groups excluding carboxylic acids is 1. The molecular weight excluding hydrogens is 340 g/mol. The summed E-state index contributed by atoms with van der Waals surface area (Å²) >= 11 is 0. The molecule has 2 N–H and O–H groups in total. The molecule has 1 aliphatic rings. The fourth-order valence-corrected chi connectivity index (χ4v) is 3.13. The lowest BCUT2D eigenvalue weighted by atomic mass is 9.97. The molecule has 0 bridgehead atoms. The number of hydrogen-bond acceptors (Lipinski definition) is 3. The van der Waals surface area contributed by atoms with Gasteiger partial charge in [0.15, 0.2) is 0 Å². The number of benzene rings is 2. The lowest BCUT2D eigenvalue weighted by molar-refractivity contribution is 0.135. The Morgan fingerprint density at radius 1 is 1.04 bits per heavy atom. The van der Waals surface area contributed by atoms with E-state index in [1.807, 2.05) is 36.4 Å². The molecule has 0 fully saturated rings. The van der Waals surface area contributed by atoms with E-state index in [1.54, 1.807) is 0 Å². The number of hydrogen-bond donors (Lipinski definition) is 2. The maximum absolute atomic E-state index is 11.9. The van der Waals surface area contributed by atoms with Crippen LogP contribution in [0.1, 0.15) is 17.5 Å². The van der Waals surface area contributed by atoms with Crippen LogP contribution in [0.3, 0.4) is 0 Å². The summed E-state index contributed by atoms with van der Waals surface area (Å²) in [5.74, 6) is 1.28. The van der Waals surface area contributed by atoms with Gasteiger partial charge in [-0.1, -0.05) is 48.5 Å². The van der Waals surface area contributed by atoms with Crippen LogP contribution in [0, 0.1) is 5.92 Å². The Bertz CT molecular complexity index is 706. The second-order valence-electron chi connectivity index (χ2n) is 6.83. The molecule has 1 atom stereocenters. The molecule has 2 aromatic rings. The molecule has 0 spiro atoms. The first-order valence-electron chi connectivity index (χ1n) is 9.65. The molecular formula is C22H28N2O3. The summed E-state index contributed by atoms with van der Waals surface area (Å²) in [6, 6.07) is 18.2. The highest BCUT2D eigenvalue weighted by Crippen LogP contribution is 2.26. The fourth-order valence-electron chi connectivity index (χ4n) is 3.13. The molecule has 5 nitrogen and oxygen atoms in total. The van der Waals surface area contributed by atoms with E-state index in [4.69, 9.17) is 9.47 Å². The van der Waals surface area contributed by atoms with Crippen LogP contribution in [0.5, 0.6) is 5.75 Å². The monoisotopic (exact) mass is 368 g/mol. The van der Waals surface area contributed by atoms with E-state index >= 15 is 0 Å². The minimum atomic E-state index is -0.127. The van der Waals surface area contributed by atoms with Crippen LogP contribution in [0.4, 0.5) is 4.79 Å². The molecule has 1 unspecified atom stereocenters. The standard InChI is InChI=1S/C22H28N2O3/c25-22(23-12-6-13-26-14-11-18-7-2-1-3-8-18)24-16-19-15-20-9-4-5-10-21(20)27-17-19/h1-5,7-10,19H,6,11-17H2,(H2,23,24,25). The number of rotatable bonds is 9. The number of amides is 2. The van der Waals surface area contributed by atoms with Gasteiger partial charge in [0.25, 0.3) is 0 Å². The van der Waals surface area contributed by atoms with Crippen molar-refractivity contribution in [3.8, 4) is 5.75 Å². The Hall–Kier alpha value is -2.53. The molecule has 0 saturated carbocycles. The number of ether oxygens (including phenoxy) is 2. The largest absolute Gasteiger partial charge is 0.493 e. The van der Waals surface area contributed by atoms with E-state index in [2.05, 4.69) is 28.8 Å². The first-order chi connectivity index (χ1) is 13.3. The lowest BCUT2D eigenvalue weighted by Gasteiger charge is -2.25. The van der Waals surface area contributed by atoms with Crippen LogP contribution in [-0.4, -0.2) is 38.9 Å². The second-order valence-corrected chi connectivity index (χ2v) is 6.83. The summed E-state index contributed by atoms with van der Waals surface area (Å²) in [5, 5.41) is 5.82. The summed E-state index contributed by atoms with van der Waals surface area (Å²) < 4.78 is 11.4. The molecule has 0 saturated heterocycles. The van der Waals surface area contributed by atoms with Gasteiger partial charge >= 0.3 is 6.03 Å². The van der Waals surface area contributed by atoms with E-state index in [0.717, 1.165) is 25.0 Å². The van der Waals surface area contributed by atoms with Crippen LogP contribution in [-0.2, 0) is 17.6 Å². The van der Waals surface area contributed by atoms with Gasteiger partial charge in [0.2, 0.25) is 0 Å². The van der Waals surface area contributed by atoms with Gasteiger partial charge in [-0.25, -0.2) is 4.79 Å². The van der Waals surface area contributed by atoms with Crippen molar-refractivity contribution in [1.29, 1.82) is 0 Å². The highest BCUT2D eigenvalue weighted by molar-refractivity contribution is 5.73. The normalized spacial score (nSPS) is 15.5. The molecule has 3 rings (SSSR count). The summed E-state index contributed by atoms with van der Waals surface area (Å²) in [7, 11) is 0. The Labute approximate surface area is 161 Å². The van der Waals surface area contributed by atoms with Crippen LogP contribution in [0.15, 0.2) is 54.6 Å². The van der Waals surface area contributed by atoms with Gasteiger partial charge in [-0.3, -0.25) is 0 Å². The van der Waals surface area contributed by atoms with E-state index in [0.29, 0.717) is 38.8 Å². The predicted octanol–water partition coefficient (Wildman–Crippen LogP) is 3.19. The third kappa shape index (κ3) is 6.61. The van der Waals surface area contributed by atoms with Crippen molar-refractivity contribution in [2.45, 2.75) is 19.3 Å². The lowest BCUT2D eigenvalue weighted by Crippen LogP contribution is -2.41. The third-order valence-corrected chi connectivity index (χ3v) is 4.64. The van der Waals surface area contributed by atoms with Gasteiger partial charge in [0.1, 0.15) is 5.75 Å². The van der Waals surface area contributed by atoms with Crippen molar-refractivity contribution in [2.75, 3.05) is 32.9 Å². The number of fused-ring (bicyclic) bond motifs is 1. The molecule has 5 heteroatoms. The Kier molecular flexibility index (Phi) is 7.54. The molecule has 27 heavy (non-hydrogen) atoms. The van der Waals surface area contributed by atoms with Crippen molar-refractivity contribution in [2.24, 2.45) is 5.92 Å². The second kappa shape index (κ2) is 10.6. The zero-order valence-corrected chi connectivity index (χ0v) is 15.7. The van der Waals surface area contributed by atoms with Crippen LogP contribution in [0.25, 0.3) is 0 Å².